The van der Waals surface area contributed by atoms with Gasteiger partial charge in [0.1, 0.15) is 0 Å². The summed E-state index contributed by atoms with van der Waals surface area (Å²) in [5, 5.41) is 0. The van der Waals surface area contributed by atoms with Crippen molar-refractivity contribution in [3.63, 3.8) is 0 Å². The van der Waals surface area contributed by atoms with Crippen molar-refractivity contribution in [3.8, 4) is 0 Å². The monoisotopic (exact) mass is 166 g/mol. The van der Waals surface area contributed by atoms with Gasteiger partial charge in [-0.25, -0.2) is 0 Å². The third kappa shape index (κ3) is 0.944. The first kappa shape index (κ1) is 7.34. The normalized spacial score (nSPS) is 43.0. The fourth-order valence-electron chi connectivity index (χ4n) is 3.32. The van der Waals surface area contributed by atoms with Gasteiger partial charge < -0.3 is 0 Å². The van der Waals surface area contributed by atoms with Gasteiger partial charge in [-0.15, -0.1) is 0 Å². The average Bonchev–Trinajstić information content (AvgIpc) is 2.62. The number of nitrogens with zero attached hydrogens (tertiary/aromatic N) is 2. The molecule has 3 rings (SSSR count). The number of fused-ring (bicyclic) bond motifs is 3. The van der Waals surface area contributed by atoms with Gasteiger partial charge in [-0.2, -0.15) is 0 Å². The Hall–Kier alpha value is -0.0800. The Bertz CT molecular complexity index is 181. The fourth-order valence-corrected chi connectivity index (χ4v) is 3.32. The summed E-state index contributed by atoms with van der Waals surface area (Å²) < 4.78 is 0. The second-order valence-corrected chi connectivity index (χ2v) is 4.54. The molecule has 2 nitrogen and oxygen atoms in total. The molecule has 0 aromatic rings. The highest BCUT2D eigenvalue weighted by molar-refractivity contribution is 4.97. The molecular formula is C10H18N2. The van der Waals surface area contributed by atoms with Crippen molar-refractivity contribution >= 4 is 0 Å². The molecule has 0 aromatic heterocycles. The number of hydrogen-bond donors (Lipinski definition) is 0. The molecule has 3 fully saturated rings. The molecule has 0 aromatic carbocycles. The van der Waals surface area contributed by atoms with Crippen molar-refractivity contribution in [3.05, 3.63) is 0 Å². The van der Waals surface area contributed by atoms with Crippen LogP contribution in [0.5, 0.6) is 0 Å². The van der Waals surface area contributed by atoms with E-state index in [9.17, 15) is 0 Å². The molecule has 2 unspecified atom stereocenters. The standard InChI is InChI=1S/C10H18N2/c1-2-6-11-8-12-7-3-5-10(12)9(11)4-1/h9-10H,1-8H2. The highest BCUT2D eigenvalue weighted by atomic mass is 15.4. The molecular weight excluding hydrogens is 148 g/mol. The molecule has 3 heterocycles. The van der Waals surface area contributed by atoms with E-state index in [1.54, 1.807) is 0 Å². The summed E-state index contributed by atoms with van der Waals surface area (Å²) in [6, 6.07) is 1.89. The second-order valence-electron chi connectivity index (χ2n) is 4.54. The van der Waals surface area contributed by atoms with Crippen LogP contribution in [-0.2, 0) is 0 Å². The van der Waals surface area contributed by atoms with Gasteiger partial charge >= 0.3 is 0 Å². The van der Waals surface area contributed by atoms with Crippen LogP contribution in [-0.4, -0.2) is 41.6 Å². The third-order valence-corrected chi connectivity index (χ3v) is 3.89. The Balaban J connectivity index is 1.79. The molecule has 0 bridgehead atoms. The van der Waals surface area contributed by atoms with Gasteiger partial charge in [0, 0.05) is 12.1 Å². The summed E-state index contributed by atoms with van der Waals surface area (Å²) in [7, 11) is 0. The van der Waals surface area contributed by atoms with Crippen molar-refractivity contribution in [2.75, 3.05) is 19.8 Å². The largest absolute Gasteiger partial charge is 0.286 e. The molecule has 68 valence electrons. The lowest BCUT2D eigenvalue weighted by atomic mass is 9.97. The summed E-state index contributed by atoms with van der Waals surface area (Å²) in [5.74, 6) is 0. The van der Waals surface area contributed by atoms with Gasteiger partial charge in [0.05, 0.1) is 6.67 Å². The van der Waals surface area contributed by atoms with E-state index in [4.69, 9.17) is 0 Å². The van der Waals surface area contributed by atoms with E-state index >= 15 is 0 Å². The fraction of sp³-hybridized carbons (Fsp3) is 1.00. The Kier molecular flexibility index (Phi) is 1.66. The maximum absolute atomic E-state index is 2.72. The van der Waals surface area contributed by atoms with Crippen molar-refractivity contribution in [1.29, 1.82) is 0 Å². The Labute approximate surface area is 74.5 Å². The molecule has 0 aliphatic carbocycles. The third-order valence-electron chi connectivity index (χ3n) is 3.89. The van der Waals surface area contributed by atoms with Crippen molar-refractivity contribution in [2.45, 2.75) is 44.2 Å². The maximum atomic E-state index is 2.72. The predicted octanol–water partition coefficient (Wildman–Crippen LogP) is 1.28. The molecule has 3 aliphatic heterocycles. The van der Waals surface area contributed by atoms with Crippen LogP contribution in [0, 0.1) is 0 Å². The van der Waals surface area contributed by atoms with E-state index < -0.39 is 0 Å². The minimum Gasteiger partial charge on any atom is -0.286 e. The van der Waals surface area contributed by atoms with E-state index in [0.29, 0.717) is 0 Å². The van der Waals surface area contributed by atoms with Crippen LogP contribution in [0.4, 0.5) is 0 Å². The van der Waals surface area contributed by atoms with Gasteiger partial charge in [-0.1, -0.05) is 6.42 Å². The van der Waals surface area contributed by atoms with Crippen LogP contribution in [0.3, 0.4) is 0 Å². The summed E-state index contributed by atoms with van der Waals surface area (Å²) in [6.45, 7) is 4.03. The van der Waals surface area contributed by atoms with Gasteiger partial charge in [-0.05, 0) is 38.8 Å². The van der Waals surface area contributed by atoms with Crippen LogP contribution >= 0.6 is 0 Å². The predicted molar refractivity (Wildman–Crippen MR) is 48.9 cm³/mol. The van der Waals surface area contributed by atoms with Gasteiger partial charge in [-0.3, -0.25) is 9.80 Å². The first-order chi connectivity index (χ1) is 5.95. The summed E-state index contributed by atoms with van der Waals surface area (Å²) in [6.07, 6.45) is 7.32. The Morgan fingerprint density at radius 1 is 0.750 bits per heavy atom. The maximum Gasteiger partial charge on any atom is 0.0512 e. The smallest absolute Gasteiger partial charge is 0.0512 e. The molecule has 2 heteroatoms. The lowest BCUT2D eigenvalue weighted by Crippen LogP contribution is -2.38. The van der Waals surface area contributed by atoms with E-state index in [-0.39, 0.29) is 0 Å². The van der Waals surface area contributed by atoms with E-state index in [1.807, 2.05) is 0 Å². The van der Waals surface area contributed by atoms with Crippen molar-refractivity contribution in [1.82, 2.24) is 9.80 Å². The highest BCUT2D eigenvalue weighted by Gasteiger charge is 2.42. The second kappa shape index (κ2) is 2.71. The molecule has 3 aliphatic rings. The van der Waals surface area contributed by atoms with Crippen LogP contribution in [0.1, 0.15) is 32.1 Å². The summed E-state index contributed by atoms with van der Waals surface area (Å²) >= 11 is 0. The number of hydrogen-bond acceptors (Lipinski definition) is 2. The molecule has 3 saturated heterocycles. The zero-order chi connectivity index (χ0) is 7.97. The Morgan fingerprint density at radius 2 is 1.42 bits per heavy atom. The molecule has 0 radical (unpaired) electrons. The quantitative estimate of drug-likeness (QED) is 0.535. The zero-order valence-corrected chi connectivity index (χ0v) is 7.71. The highest BCUT2D eigenvalue weighted by Crippen LogP contribution is 2.34. The lowest BCUT2D eigenvalue weighted by Gasteiger charge is -2.30. The molecule has 0 saturated carbocycles. The summed E-state index contributed by atoms with van der Waals surface area (Å²) in [4.78, 5) is 5.42. The summed E-state index contributed by atoms with van der Waals surface area (Å²) in [5.41, 5.74) is 0. The van der Waals surface area contributed by atoms with E-state index in [0.717, 1.165) is 12.1 Å². The van der Waals surface area contributed by atoms with Crippen LogP contribution in [0.25, 0.3) is 0 Å². The zero-order valence-electron chi connectivity index (χ0n) is 7.71. The minimum absolute atomic E-state index is 0.946. The molecule has 0 spiro atoms. The van der Waals surface area contributed by atoms with Crippen molar-refractivity contribution < 1.29 is 0 Å². The first-order valence-corrected chi connectivity index (χ1v) is 5.43. The van der Waals surface area contributed by atoms with Crippen LogP contribution in [0.2, 0.25) is 0 Å². The molecule has 0 N–H and O–H groups in total. The average molecular weight is 166 g/mol. The van der Waals surface area contributed by atoms with Gasteiger partial charge in [0.25, 0.3) is 0 Å². The molecule has 12 heavy (non-hydrogen) atoms. The van der Waals surface area contributed by atoms with Gasteiger partial charge in [0.15, 0.2) is 0 Å². The SMILES string of the molecule is C1CCN2CN3CCCC3C2C1. The first-order valence-electron chi connectivity index (χ1n) is 5.43. The molecule has 2 atom stereocenters. The van der Waals surface area contributed by atoms with Crippen LogP contribution < -0.4 is 0 Å². The van der Waals surface area contributed by atoms with Crippen LogP contribution in [0.15, 0.2) is 0 Å². The van der Waals surface area contributed by atoms with E-state index in [1.165, 1.54) is 51.9 Å². The van der Waals surface area contributed by atoms with Gasteiger partial charge in [0.2, 0.25) is 0 Å². The topological polar surface area (TPSA) is 6.48 Å². The number of piperidine rings is 1. The Morgan fingerprint density at radius 3 is 2.25 bits per heavy atom. The number of rotatable bonds is 0. The van der Waals surface area contributed by atoms with E-state index in [2.05, 4.69) is 9.80 Å². The molecule has 0 amide bonds. The van der Waals surface area contributed by atoms with Crippen molar-refractivity contribution in [2.24, 2.45) is 0 Å². The lowest BCUT2D eigenvalue weighted by molar-refractivity contribution is 0.179. The minimum atomic E-state index is 0.946.